The van der Waals surface area contributed by atoms with E-state index in [1.54, 1.807) is 0 Å². The van der Waals surface area contributed by atoms with Crippen LogP contribution in [0.2, 0.25) is 0 Å². The largest absolute Gasteiger partial charge is 0.466 e. The van der Waals surface area contributed by atoms with Crippen LogP contribution in [0, 0.1) is 13.8 Å². The van der Waals surface area contributed by atoms with Crippen LogP contribution in [0.5, 0.6) is 0 Å². The highest BCUT2D eigenvalue weighted by Crippen LogP contribution is 2.22. The zero-order valence-electron chi connectivity index (χ0n) is 9.26. The summed E-state index contributed by atoms with van der Waals surface area (Å²) in [5.41, 5.74) is 1.20. The molecular formula is C12H19NO. The summed E-state index contributed by atoms with van der Waals surface area (Å²) in [6.07, 6.45) is 3.05. The molecule has 0 bridgehead atoms. The molecule has 0 amide bonds. The quantitative estimate of drug-likeness (QED) is 0.727. The third-order valence-corrected chi connectivity index (χ3v) is 2.26. The molecule has 1 aromatic heterocycles. The van der Waals surface area contributed by atoms with Crippen molar-refractivity contribution in [2.75, 3.05) is 6.54 Å². The van der Waals surface area contributed by atoms with Crippen molar-refractivity contribution in [3.63, 3.8) is 0 Å². The van der Waals surface area contributed by atoms with E-state index in [9.17, 15) is 0 Å². The van der Waals surface area contributed by atoms with Crippen LogP contribution in [0.25, 0.3) is 0 Å². The molecule has 1 rings (SSSR count). The van der Waals surface area contributed by atoms with Gasteiger partial charge >= 0.3 is 0 Å². The molecule has 14 heavy (non-hydrogen) atoms. The van der Waals surface area contributed by atoms with Crippen molar-refractivity contribution in [1.82, 2.24) is 5.32 Å². The van der Waals surface area contributed by atoms with E-state index in [1.165, 1.54) is 5.56 Å². The zero-order chi connectivity index (χ0) is 10.6. The Morgan fingerprint density at radius 3 is 2.71 bits per heavy atom. The predicted molar refractivity (Wildman–Crippen MR) is 59.4 cm³/mol. The Labute approximate surface area is 86.0 Å². The van der Waals surface area contributed by atoms with Crippen LogP contribution in [-0.2, 0) is 0 Å². The minimum Gasteiger partial charge on any atom is -0.466 e. The Morgan fingerprint density at radius 2 is 2.29 bits per heavy atom. The second-order valence-electron chi connectivity index (χ2n) is 3.54. The number of nitrogens with one attached hydrogen (secondary N) is 1. The van der Waals surface area contributed by atoms with Gasteiger partial charge in [-0.15, -0.1) is 6.58 Å². The fourth-order valence-corrected chi connectivity index (χ4v) is 1.58. The third kappa shape index (κ3) is 2.48. The van der Waals surface area contributed by atoms with Crippen molar-refractivity contribution in [3.05, 3.63) is 35.8 Å². The summed E-state index contributed by atoms with van der Waals surface area (Å²) in [4.78, 5) is 0. The molecule has 1 aromatic rings. The van der Waals surface area contributed by atoms with E-state index in [2.05, 4.69) is 24.9 Å². The van der Waals surface area contributed by atoms with Gasteiger partial charge in [-0.1, -0.05) is 13.0 Å². The average Bonchev–Trinajstić information content (AvgIpc) is 2.47. The van der Waals surface area contributed by atoms with Gasteiger partial charge in [0.2, 0.25) is 0 Å². The molecule has 0 aliphatic rings. The molecule has 1 unspecified atom stereocenters. The molecule has 0 aliphatic carbocycles. The van der Waals surface area contributed by atoms with Crippen molar-refractivity contribution < 1.29 is 4.42 Å². The Kier molecular flexibility index (Phi) is 3.96. The van der Waals surface area contributed by atoms with Crippen LogP contribution in [0.1, 0.15) is 36.5 Å². The number of aryl methyl sites for hydroxylation is 2. The van der Waals surface area contributed by atoms with Gasteiger partial charge in [0.15, 0.2) is 0 Å². The number of rotatable bonds is 5. The lowest BCUT2D eigenvalue weighted by Gasteiger charge is -2.12. The van der Waals surface area contributed by atoms with E-state index in [0.717, 1.165) is 24.5 Å². The lowest BCUT2D eigenvalue weighted by molar-refractivity contribution is 0.495. The van der Waals surface area contributed by atoms with Crippen molar-refractivity contribution in [2.45, 2.75) is 33.2 Å². The molecule has 2 nitrogen and oxygen atoms in total. The smallest absolute Gasteiger partial charge is 0.106 e. The normalized spacial score (nSPS) is 12.8. The highest BCUT2D eigenvalue weighted by molar-refractivity contribution is 5.27. The number of furan rings is 1. The number of hydrogen-bond acceptors (Lipinski definition) is 2. The summed E-state index contributed by atoms with van der Waals surface area (Å²) < 4.78 is 5.49. The van der Waals surface area contributed by atoms with E-state index in [0.29, 0.717) is 0 Å². The van der Waals surface area contributed by atoms with Crippen LogP contribution >= 0.6 is 0 Å². The maximum Gasteiger partial charge on any atom is 0.106 e. The average molecular weight is 193 g/mol. The molecule has 0 aromatic carbocycles. The van der Waals surface area contributed by atoms with Gasteiger partial charge in [0.25, 0.3) is 0 Å². The summed E-state index contributed by atoms with van der Waals surface area (Å²) in [5, 5.41) is 3.41. The molecule has 0 saturated heterocycles. The highest BCUT2D eigenvalue weighted by atomic mass is 16.3. The Balaban J connectivity index is 2.77. The Bertz CT molecular complexity index is 301. The van der Waals surface area contributed by atoms with Crippen molar-refractivity contribution in [2.24, 2.45) is 0 Å². The molecular weight excluding hydrogens is 174 g/mol. The molecule has 78 valence electrons. The van der Waals surface area contributed by atoms with Gasteiger partial charge in [-0.05, 0) is 32.9 Å². The summed E-state index contributed by atoms with van der Waals surface area (Å²) in [7, 11) is 0. The maximum atomic E-state index is 5.49. The van der Waals surface area contributed by atoms with E-state index in [-0.39, 0.29) is 6.04 Å². The van der Waals surface area contributed by atoms with E-state index in [1.807, 2.05) is 19.9 Å². The van der Waals surface area contributed by atoms with Crippen molar-refractivity contribution in [3.8, 4) is 0 Å². The number of hydrogen-bond donors (Lipinski definition) is 1. The van der Waals surface area contributed by atoms with Gasteiger partial charge in [0, 0.05) is 5.56 Å². The molecule has 0 aliphatic heterocycles. The first-order valence-electron chi connectivity index (χ1n) is 5.12. The van der Waals surface area contributed by atoms with E-state index >= 15 is 0 Å². The second kappa shape index (κ2) is 5.01. The summed E-state index contributed by atoms with van der Waals surface area (Å²) in [6.45, 7) is 11.0. The first-order valence-corrected chi connectivity index (χ1v) is 5.12. The van der Waals surface area contributed by atoms with Crippen LogP contribution in [0.4, 0.5) is 0 Å². The van der Waals surface area contributed by atoms with Crippen LogP contribution < -0.4 is 5.32 Å². The molecule has 1 N–H and O–H groups in total. The fourth-order valence-electron chi connectivity index (χ4n) is 1.58. The Hall–Kier alpha value is -1.02. The fraction of sp³-hybridized carbons (Fsp3) is 0.500. The standard InChI is InChI=1S/C12H19NO/c1-5-7-13-12(6-2)11-8-9(3)14-10(11)4/h6,8,12-13H,2,5,7H2,1,3-4H3. The summed E-state index contributed by atoms with van der Waals surface area (Å²) in [6, 6.07) is 2.29. The first kappa shape index (κ1) is 11.1. The predicted octanol–water partition coefficient (Wildman–Crippen LogP) is 3.12. The molecule has 2 heteroatoms. The molecule has 0 saturated carbocycles. The molecule has 1 heterocycles. The lowest BCUT2D eigenvalue weighted by Crippen LogP contribution is -2.20. The van der Waals surface area contributed by atoms with E-state index < -0.39 is 0 Å². The molecule has 0 spiro atoms. The van der Waals surface area contributed by atoms with Gasteiger partial charge in [-0.2, -0.15) is 0 Å². The SMILES string of the molecule is C=CC(NCCC)c1cc(C)oc1C. The minimum atomic E-state index is 0.215. The maximum absolute atomic E-state index is 5.49. The lowest BCUT2D eigenvalue weighted by atomic mass is 10.1. The topological polar surface area (TPSA) is 25.2 Å². The molecule has 0 fully saturated rings. The van der Waals surface area contributed by atoms with Gasteiger partial charge in [-0.25, -0.2) is 0 Å². The van der Waals surface area contributed by atoms with Crippen LogP contribution in [0.3, 0.4) is 0 Å². The zero-order valence-corrected chi connectivity index (χ0v) is 9.26. The first-order chi connectivity index (χ1) is 6.69. The Morgan fingerprint density at radius 1 is 1.57 bits per heavy atom. The summed E-state index contributed by atoms with van der Waals surface area (Å²) >= 11 is 0. The van der Waals surface area contributed by atoms with Gasteiger partial charge in [-0.3, -0.25) is 0 Å². The third-order valence-electron chi connectivity index (χ3n) is 2.26. The highest BCUT2D eigenvalue weighted by Gasteiger charge is 2.12. The minimum absolute atomic E-state index is 0.215. The van der Waals surface area contributed by atoms with Crippen molar-refractivity contribution >= 4 is 0 Å². The van der Waals surface area contributed by atoms with Crippen molar-refractivity contribution in [1.29, 1.82) is 0 Å². The van der Waals surface area contributed by atoms with Gasteiger partial charge in [0.05, 0.1) is 6.04 Å². The molecule has 1 atom stereocenters. The van der Waals surface area contributed by atoms with Crippen LogP contribution in [-0.4, -0.2) is 6.54 Å². The summed E-state index contributed by atoms with van der Waals surface area (Å²) in [5.74, 6) is 1.94. The monoisotopic (exact) mass is 193 g/mol. The van der Waals surface area contributed by atoms with Gasteiger partial charge < -0.3 is 9.73 Å². The molecule has 0 radical (unpaired) electrons. The van der Waals surface area contributed by atoms with Crippen LogP contribution in [0.15, 0.2) is 23.1 Å². The van der Waals surface area contributed by atoms with Gasteiger partial charge in [0.1, 0.15) is 11.5 Å². The second-order valence-corrected chi connectivity index (χ2v) is 3.54. The van der Waals surface area contributed by atoms with E-state index in [4.69, 9.17) is 4.42 Å².